The molecule has 0 aliphatic heterocycles. The first-order valence-electron chi connectivity index (χ1n) is 6.31. The van der Waals surface area contributed by atoms with Crippen molar-refractivity contribution in [2.24, 2.45) is 0 Å². The quantitative estimate of drug-likeness (QED) is 0.898. The summed E-state index contributed by atoms with van der Waals surface area (Å²) in [4.78, 5) is 23.2. The number of carbonyl (C=O) groups is 2. The van der Waals surface area contributed by atoms with Gasteiger partial charge in [-0.15, -0.1) is 0 Å². The van der Waals surface area contributed by atoms with E-state index >= 15 is 0 Å². The minimum Gasteiger partial charge on any atom is -0.326 e. The second-order valence-corrected chi connectivity index (χ2v) is 4.53. The van der Waals surface area contributed by atoms with Gasteiger partial charge in [0.1, 0.15) is 0 Å². The Balaban J connectivity index is 2.16. The van der Waals surface area contributed by atoms with Crippen molar-refractivity contribution < 1.29 is 9.59 Å². The molecule has 2 N–H and O–H groups in total. The van der Waals surface area contributed by atoms with Crippen molar-refractivity contribution in [1.29, 1.82) is 0 Å². The number of amides is 2. The van der Waals surface area contributed by atoms with Gasteiger partial charge in [0.05, 0.1) is 0 Å². The van der Waals surface area contributed by atoms with E-state index in [2.05, 4.69) is 10.6 Å². The van der Waals surface area contributed by atoms with Crippen molar-refractivity contribution in [2.45, 2.75) is 13.8 Å². The van der Waals surface area contributed by atoms with Gasteiger partial charge in [-0.05, 0) is 36.8 Å². The van der Waals surface area contributed by atoms with Crippen LogP contribution in [-0.2, 0) is 4.79 Å². The average molecular weight is 268 g/mol. The molecule has 102 valence electrons. The Kier molecular flexibility index (Phi) is 4.15. The van der Waals surface area contributed by atoms with E-state index in [9.17, 15) is 9.59 Å². The Morgan fingerprint density at radius 3 is 2.20 bits per heavy atom. The molecule has 0 aliphatic carbocycles. The smallest absolute Gasteiger partial charge is 0.255 e. The summed E-state index contributed by atoms with van der Waals surface area (Å²) in [5, 5.41) is 5.50. The fourth-order valence-corrected chi connectivity index (χ4v) is 1.90. The third kappa shape index (κ3) is 3.45. The molecule has 0 fully saturated rings. The number of benzene rings is 2. The molecule has 4 heteroatoms. The van der Waals surface area contributed by atoms with Gasteiger partial charge in [0, 0.05) is 23.9 Å². The maximum atomic E-state index is 12.2. The Hall–Kier alpha value is -2.62. The molecule has 0 unspecified atom stereocenters. The van der Waals surface area contributed by atoms with Crippen LogP contribution in [0.4, 0.5) is 11.4 Å². The topological polar surface area (TPSA) is 58.2 Å². The second-order valence-electron chi connectivity index (χ2n) is 4.53. The first kappa shape index (κ1) is 13.8. The summed E-state index contributed by atoms with van der Waals surface area (Å²) < 4.78 is 0. The van der Waals surface area contributed by atoms with Gasteiger partial charge in [0.25, 0.3) is 5.91 Å². The van der Waals surface area contributed by atoms with E-state index in [1.807, 2.05) is 25.1 Å². The first-order valence-corrected chi connectivity index (χ1v) is 6.31. The third-order valence-corrected chi connectivity index (χ3v) is 2.83. The first-order chi connectivity index (χ1) is 9.56. The number of aryl methyl sites for hydroxylation is 1. The Bertz CT molecular complexity index is 650. The number of rotatable bonds is 3. The lowest BCUT2D eigenvalue weighted by Crippen LogP contribution is -2.13. The van der Waals surface area contributed by atoms with Crippen LogP contribution in [0.3, 0.4) is 0 Å². The van der Waals surface area contributed by atoms with E-state index in [1.165, 1.54) is 6.92 Å². The van der Waals surface area contributed by atoms with Gasteiger partial charge in [-0.1, -0.05) is 24.3 Å². The van der Waals surface area contributed by atoms with E-state index in [0.717, 1.165) is 5.56 Å². The summed E-state index contributed by atoms with van der Waals surface area (Å²) in [5.41, 5.74) is 2.85. The molecule has 2 amide bonds. The van der Waals surface area contributed by atoms with Gasteiger partial charge in [0.2, 0.25) is 5.91 Å². The number of carbonyl (C=O) groups excluding carboxylic acids is 2. The molecule has 20 heavy (non-hydrogen) atoms. The van der Waals surface area contributed by atoms with Crippen LogP contribution in [0.25, 0.3) is 0 Å². The van der Waals surface area contributed by atoms with Gasteiger partial charge < -0.3 is 10.6 Å². The van der Waals surface area contributed by atoms with E-state index in [1.54, 1.807) is 30.3 Å². The molecule has 2 aromatic carbocycles. The fraction of sp³-hybridized carbons (Fsp3) is 0.125. The predicted molar refractivity (Wildman–Crippen MR) is 79.9 cm³/mol. The van der Waals surface area contributed by atoms with Crippen LogP contribution in [0.1, 0.15) is 22.8 Å². The van der Waals surface area contributed by atoms with E-state index < -0.39 is 0 Å². The maximum Gasteiger partial charge on any atom is 0.255 e. The second kappa shape index (κ2) is 6.02. The monoisotopic (exact) mass is 268 g/mol. The minimum absolute atomic E-state index is 0.146. The zero-order valence-corrected chi connectivity index (χ0v) is 11.4. The van der Waals surface area contributed by atoms with Crippen LogP contribution < -0.4 is 10.6 Å². The van der Waals surface area contributed by atoms with Crippen molar-refractivity contribution in [3.63, 3.8) is 0 Å². The lowest BCUT2D eigenvalue weighted by Gasteiger charge is -2.09. The van der Waals surface area contributed by atoms with Gasteiger partial charge >= 0.3 is 0 Å². The van der Waals surface area contributed by atoms with Gasteiger partial charge in [-0.3, -0.25) is 9.59 Å². The third-order valence-electron chi connectivity index (χ3n) is 2.83. The van der Waals surface area contributed by atoms with Crippen LogP contribution >= 0.6 is 0 Å². The SMILES string of the molecule is CC(=O)Nc1cccc(NC(=O)c2ccccc2C)c1. The molecule has 0 aromatic heterocycles. The molecule has 0 saturated carbocycles. The number of anilines is 2. The maximum absolute atomic E-state index is 12.2. The summed E-state index contributed by atoms with van der Waals surface area (Å²) in [6.45, 7) is 3.33. The summed E-state index contributed by atoms with van der Waals surface area (Å²) in [5.74, 6) is -0.310. The highest BCUT2D eigenvalue weighted by molar-refractivity contribution is 6.05. The molecule has 2 aromatic rings. The summed E-state index contributed by atoms with van der Waals surface area (Å²) in [6.07, 6.45) is 0. The van der Waals surface area contributed by atoms with E-state index in [4.69, 9.17) is 0 Å². The zero-order valence-electron chi connectivity index (χ0n) is 11.4. The standard InChI is InChI=1S/C16H16N2O2/c1-11-6-3-4-9-15(11)16(20)18-14-8-5-7-13(10-14)17-12(2)19/h3-10H,1-2H3,(H,17,19)(H,18,20). The molecular weight excluding hydrogens is 252 g/mol. The van der Waals surface area contributed by atoms with Crippen molar-refractivity contribution in [3.05, 3.63) is 59.7 Å². The summed E-state index contributed by atoms with van der Waals surface area (Å²) >= 11 is 0. The summed E-state index contributed by atoms with van der Waals surface area (Å²) in [6, 6.07) is 14.4. The molecule has 0 heterocycles. The van der Waals surface area contributed by atoms with Crippen LogP contribution in [0.15, 0.2) is 48.5 Å². The largest absolute Gasteiger partial charge is 0.326 e. The van der Waals surface area contributed by atoms with Gasteiger partial charge in [0.15, 0.2) is 0 Å². The molecule has 0 saturated heterocycles. The Morgan fingerprint density at radius 1 is 0.900 bits per heavy atom. The molecule has 4 nitrogen and oxygen atoms in total. The predicted octanol–water partition coefficient (Wildman–Crippen LogP) is 3.21. The van der Waals surface area contributed by atoms with Crippen LogP contribution in [0, 0.1) is 6.92 Å². The Labute approximate surface area is 117 Å². The molecule has 0 bridgehead atoms. The Morgan fingerprint density at radius 2 is 1.55 bits per heavy atom. The van der Waals surface area contributed by atoms with E-state index in [0.29, 0.717) is 16.9 Å². The van der Waals surface area contributed by atoms with Crippen molar-refractivity contribution in [2.75, 3.05) is 10.6 Å². The van der Waals surface area contributed by atoms with Crippen molar-refractivity contribution in [1.82, 2.24) is 0 Å². The summed E-state index contributed by atoms with van der Waals surface area (Å²) in [7, 11) is 0. The van der Waals surface area contributed by atoms with Crippen LogP contribution in [0.2, 0.25) is 0 Å². The lowest BCUT2D eigenvalue weighted by atomic mass is 10.1. The molecule has 0 aliphatic rings. The molecule has 0 radical (unpaired) electrons. The van der Waals surface area contributed by atoms with Crippen LogP contribution in [-0.4, -0.2) is 11.8 Å². The van der Waals surface area contributed by atoms with E-state index in [-0.39, 0.29) is 11.8 Å². The molecule has 0 spiro atoms. The normalized spacial score (nSPS) is 9.90. The van der Waals surface area contributed by atoms with Crippen molar-refractivity contribution in [3.8, 4) is 0 Å². The molecule has 0 atom stereocenters. The lowest BCUT2D eigenvalue weighted by molar-refractivity contribution is -0.114. The van der Waals surface area contributed by atoms with Gasteiger partial charge in [-0.25, -0.2) is 0 Å². The number of nitrogens with one attached hydrogen (secondary N) is 2. The highest BCUT2D eigenvalue weighted by atomic mass is 16.2. The minimum atomic E-state index is -0.164. The highest BCUT2D eigenvalue weighted by Gasteiger charge is 2.08. The molecular formula is C16H16N2O2. The number of hydrogen-bond acceptors (Lipinski definition) is 2. The fourth-order valence-electron chi connectivity index (χ4n) is 1.90. The highest BCUT2D eigenvalue weighted by Crippen LogP contribution is 2.17. The number of hydrogen-bond donors (Lipinski definition) is 2. The van der Waals surface area contributed by atoms with Crippen LogP contribution in [0.5, 0.6) is 0 Å². The zero-order chi connectivity index (χ0) is 14.5. The molecule has 2 rings (SSSR count). The van der Waals surface area contributed by atoms with Gasteiger partial charge in [-0.2, -0.15) is 0 Å². The average Bonchev–Trinajstić information content (AvgIpc) is 2.38. The van der Waals surface area contributed by atoms with Crippen molar-refractivity contribution >= 4 is 23.2 Å².